The van der Waals surface area contributed by atoms with E-state index in [1.165, 1.54) is 24.3 Å². The first-order valence-electron chi connectivity index (χ1n) is 7.62. The fourth-order valence-corrected chi connectivity index (χ4v) is 3.86. The van der Waals surface area contributed by atoms with E-state index in [4.69, 9.17) is 0 Å². The molecule has 0 bridgehead atoms. The van der Waals surface area contributed by atoms with Gasteiger partial charge in [0.25, 0.3) is 0 Å². The molecule has 1 N–H and O–H groups in total. The molecule has 1 saturated carbocycles. The van der Waals surface area contributed by atoms with Crippen LogP contribution in [0, 0.1) is 0 Å². The average Bonchev–Trinajstić information content (AvgIpc) is 3.38. The van der Waals surface area contributed by atoms with Crippen LogP contribution in [-0.4, -0.2) is 15.5 Å². The Kier molecular flexibility index (Phi) is 4.30. The largest absolute Gasteiger partial charge is 0.421 e. The SMILES string of the molecule is C[C@](O)(c1ccc(S(=O)c2ccccc2C2CC2)cc1)C(F)(F)F. The van der Waals surface area contributed by atoms with Crippen molar-refractivity contribution in [3.05, 3.63) is 59.7 Å². The third-order valence-electron chi connectivity index (χ3n) is 4.32. The van der Waals surface area contributed by atoms with Gasteiger partial charge in [-0.25, -0.2) is 4.21 Å². The first kappa shape index (κ1) is 17.2. The molecule has 2 aromatic rings. The van der Waals surface area contributed by atoms with Crippen LogP contribution in [0.4, 0.5) is 13.2 Å². The summed E-state index contributed by atoms with van der Waals surface area (Å²) in [6.07, 6.45) is -2.63. The third-order valence-corrected chi connectivity index (χ3v) is 5.79. The Balaban J connectivity index is 1.90. The van der Waals surface area contributed by atoms with E-state index in [2.05, 4.69) is 0 Å². The molecule has 0 spiro atoms. The predicted octanol–water partition coefficient (Wildman–Crippen LogP) is 4.50. The van der Waals surface area contributed by atoms with E-state index in [1.54, 1.807) is 6.07 Å². The smallest absolute Gasteiger partial charge is 0.376 e. The quantitative estimate of drug-likeness (QED) is 0.878. The predicted molar refractivity (Wildman–Crippen MR) is 85.2 cm³/mol. The van der Waals surface area contributed by atoms with E-state index < -0.39 is 22.6 Å². The minimum Gasteiger partial charge on any atom is -0.376 e. The molecule has 0 saturated heterocycles. The molecule has 0 aliphatic heterocycles. The molecule has 128 valence electrons. The van der Waals surface area contributed by atoms with E-state index >= 15 is 0 Å². The third kappa shape index (κ3) is 3.13. The second-order valence-corrected chi connectivity index (χ2v) is 7.62. The van der Waals surface area contributed by atoms with Crippen molar-refractivity contribution in [3.8, 4) is 0 Å². The maximum atomic E-state index is 12.9. The molecule has 0 radical (unpaired) electrons. The van der Waals surface area contributed by atoms with Crippen LogP contribution >= 0.6 is 0 Å². The maximum absolute atomic E-state index is 12.9. The minimum atomic E-state index is -4.77. The second kappa shape index (κ2) is 6.01. The number of benzene rings is 2. The number of halogens is 3. The van der Waals surface area contributed by atoms with Crippen LogP contribution in [0.5, 0.6) is 0 Å². The Bertz CT molecular complexity index is 763. The summed E-state index contributed by atoms with van der Waals surface area (Å²) in [7, 11) is -1.46. The maximum Gasteiger partial charge on any atom is 0.421 e. The summed E-state index contributed by atoms with van der Waals surface area (Å²) in [5, 5.41) is 9.69. The normalized spacial score (nSPS) is 18.9. The van der Waals surface area contributed by atoms with Crippen molar-refractivity contribution in [3.63, 3.8) is 0 Å². The fraction of sp³-hybridized carbons (Fsp3) is 0.333. The highest BCUT2D eigenvalue weighted by molar-refractivity contribution is 7.85. The van der Waals surface area contributed by atoms with Crippen LogP contribution in [0.2, 0.25) is 0 Å². The monoisotopic (exact) mass is 354 g/mol. The Morgan fingerprint density at radius 1 is 1.04 bits per heavy atom. The molecular weight excluding hydrogens is 337 g/mol. The van der Waals surface area contributed by atoms with Gasteiger partial charge in [-0.05, 0) is 55.0 Å². The lowest BCUT2D eigenvalue weighted by Crippen LogP contribution is -2.39. The Hall–Kier alpha value is -1.66. The van der Waals surface area contributed by atoms with Crippen LogP contribution in [0.25, 0.3) is 0 Å². The van der Waals surface area contributed by atoms with Gasteiger partial charge in [-0.1, -0.05) is 30.3 Å². The molecule has 0 heterocycles. The number of aliphatic hydroxyl groups is 1. The van der Waals surface area contributed by atoms with Gasteiger partial charge in [0, 0.05) is 9.79 Å². The van der Waals surface area contributed by atoms with Gasteiger partial charge < -0.3 is 5.11 Å². The van der Waals surface area contributed by atoms with E-state index in [9.17, 15) is 22.5 Å². The summed E-state index contributed by atoms with van der Waals surface area (Å²) in [5.74, 6) is 0.426. The van der Waals surface area contributed by atoms with Gasteiger partial charge in [-0.15, -0.1) is 0 Å². The Morgan fingerprint density at radius 3 is 2.17 bits per heavy atom. The van der Waals surface area contributed by atoms with Crippen molar-refractivity contribution in [1.29, 1.82) is 0 Å². The molecule has 0 amide bonds. The molecular formula is C18H17F3O2S. The van der Waals surface area contributed by atoms with Crippen LogP contribution in [0.3, 0.4) is 0 Å². The average molecular weight is 354 g/mol. The summed E-state index contributed by atoms with van der Waals surface area (Å²) in [6.45, 7) is 0.710. The lowest BCUT2D eigenvalue weighted by Gasteiger charge is -2.26. The van der Waals surface area contributed by atoms with Crippen molar-refractivity contribution in [2.45, 2.75) is 47.3 Å². The van der Waals surface area contributed by atoms with Gasteiger partial charge in [0.2, 0.25) is 0 Å². The lowest BCUT2D eigenvalue weighted by atomic mass is 9.96. The van der Waals surface area contributed by atoms with Gasteiger partial charge in [-0.3, -0.25) is 0 Å². The van der Waals surface area contributed by atoms with Crippen LogP contribution in [0.15, 0.2) is 58.3 Å². The van der Waals surface area contributed by atoms with Gasteiger partial charge in [0.15, 0.2) is 5.60 Å². The molecule has 3 rings (SSSR count). The molecule has 2 aromatic carbocycles. The molecule has 1 fully saturated rings. The highest BCUT2D eigenvalue weighted by Crippen LogP contribution is 2.43. The molecule has 1 aliphatic carbocycles. The number of hydrogen-bond acceptors (Lipinski definition) is 2. The van der Waals surface area contributed by atoms with Crippen molar-refractivity contribution in [2.75, 3.05) is 0 Å². The first-order valence-corrected chi connectivity index (χ1v) is 8.77. The topological polar surface area (TPSA) is 37.3 Å². The van der Waals surface area contributed by atoms with E-state index in [1.807, 2.05) is 18.2 Å². The van der Waals surface area contributed by atoms with Gasteiger partial charge in [0.1, 0.15) is 0 Å². The molecule has 1 aliphatic rings. The summed E-state index contributed by atoms with van der Waals surface area (Å²) in [6, 6.07) is 12.6. The second-order valence-electron chi connectivity index (χ2n) is 6.18. The van der Waals surface area contributed by atoms with Gasteiger partial charge in [0.05, 0.1) is 10.8 Å². The standard InChI is InChI=1S/C18H17F3O2S/c1-17(22,18(19,20)21)13-8-10-14(11-9-13)24(23)16-5-3-2-4-15(16)12-6-7-12/h2-5,8-12,22H,6-7H2,1H3/t17-,24?/m0/s1. The molecule has 24 heavy (non-hydrogen) atoms. The van der Waals surface area contributed by atoms with Crippen molar-refractivity contribution < 1.29 is 22.5 Å². The number of alkyl halides is 3. The molecule has 6 heteroatoms. The van der Waals surface area contributed by atoms with Crippen LogP contribution < -0.4 is 0 Å². The van der Waals surface area contributed by atoms with Gasteiger partial charge >= 0.3 is 6.18 Å². The van der Waals surface area contributed by atoms with E-state index in [0.717, 1.165) is 18.4 Å². The summed E-state index contributed by atoms with van der Waals surface area (Å²) < 4.78 is 51.4. The highest BCUT2D eigenvalue weighted by atomic mass is 32.2. The molecule has 2 nitrogen and oxygen atoms in total. The Morgan fingerprint density at radius 2 is 1.62 bits per heavy atom. The lowest BCUT2D eigenvalue weighted by molar-refractivity contribution is -0.258. The van der Waals surface area contributed by atoms with Crippen molar-refractivity contribution in [1.82, 2.24) is 0 Å². The zero-order valence-electron chi connectivity index (χ0n) is 13.0. The summed E-state index contributed by atoms with van der Waals surface area (Å²) in [5.41, 5.74) is -2.16. The van der Waals surface area contributed by atoms with E-state index in [-0.39, 0.29) is 5.56 Å². The Labute approximate surface area is 140 Å². The van der Waals surface area contributed by atoms with Crippen molar-refractivity contribution >= 4 is 10.8 Å². The summed E-state index contributed by atoms with van der Waals surface area (Å²) in [4.78, 5) is 1.13. The molecule has 0 aromatic heterocycles. The number of rotatable bonds is 4. The number of hydrogen-bond donors (Lipinski definition) is 1. The fourth-order valence-electron chi connectivity index (χ4n) is 2.57. The first-order chi connectivity index (χ1) is 11.2. The van der Waals surface area contributed by atoms with E-state index in [0.29, 0.717) is 22.6 Å². The zero-order chi connectivity index (χ0) is 17.5. The van der Waals surface area contributed by atoms with Crippen molar-refractivity contribution in [2.24, 2.45) is 0 Å². The highest BCUT2D eigenvalue weighted by Gasteiger charge is 2.51. The molecule has 1 unspecified atom stereocenters. The summed E-state index contributed by atoms with van der Waals surface area (Å²) >= 11 is 0. The zero-order valence-corrected chi connectivity index (χ0v) is 13.8. The van der Waals surface area contributed by atoms with Crippen LogP contribution in [0.1, 0.15) is 36.8 Å². The van der Waals surface area contributed by atoms with Crippen LogP contribution in [-0.2, 0) is 16.4 Å². The minimum absolute atomic E-state index is 0.272. The van der Waals surface area contributed by atoms with Gasteiger partial charge in [-0.2, -0.15) is 13.2 Å². The molecule has 2 atom stereocenters.